The summed E-state index contributed by atoms with van der Waals surface area (Å²) in [5, 5.41) is 3.17. The molecule has 6 heteroatoms. The van der Waals surface area contributed by atoms with E-state index < -0.39 is 11.6 Å². The summed E-state index contributed by atoms with van der Waals surface area (Å²) in [6, 6.07) is 3.67. The minimum atomic E-state index is -0.880. The number of amides is 1. The van der Waals surface area contributed by atoms with Crippen molar-refractivity contribution >= 4 is 17.7 Å². The van der Waals surface area contributed by atoms with Gasteiger partial charge in [-0.25, -0.2) is 8.78 Å². The summed E-state index contributed by atoms with van der Waals surface area (Å²) in [6.07, 6.45) is 0. The predicted octanol–water partition coefficient (Wildman–Crippen LogP) is 1.49. The van der Waals surface area contributed by atoms with Crippen LogP contribution in [0.3, 0.4) is 0 Å². The number of carbonyl (C=O) groups excluding carboxylic acids is 1. The lowest BCUT2D eigenvalue weighted by atomic mass is 10.3. The maximum atomic E-state index is 13.0. The summed E-state index contributed by atoms with van der Waals surface area (Å²) in [7, 11) is 0. The number of rotatable bonds is 3. The molecule has 2 rings (SSSR count). The van der Waals surface area contributed by atoms with Crippen molar-refractivity contribution in [1.29, 1.82) is 0 Å². The van der Waals surface area contributed by atoms with Crippen molar-refractivity contribution in [2.24, 2.45) is 0 Å². The third kappa shape index (κ3) is 3.43. The smallest absolute Gasteiger partial charge is 0.233 e. The molecule has 1 aromatic carbocycles. The molecule has 0 saturated carbocycles. The Morgan fingerprint density at radius 2 is 2.00 bits per heavy atom. The first-order chi connectivity index (χ1) is 8.66. The first kappa shape index (κ1) is 13.3. The molecular formula is C12H14F2N2OS. The van der Waals surface area contributed by atoms with Gasteiger partial charge in [-0.3, -0.25) is 4.79 Å². The van der Waals surface area contributed by atoms with E-state index in [4.69, 9.17) is 0 Å². The molecule has 0 aliphatic carbocycles. The topological polar surface area (TPSA) is 32.3 Å². The zero-order chi connectivity index (χ0) is 13.0. The average molecular weight is 272 g/mol. The molecule has 1 saturated heterocycles. The van der Waals surface area contributed by atoms with Crippen LogP contribution in [0.5, 0.6) is 0 Å². The minimum Gasteiger partial charge on any atom is -0.339 e. The zero-order valence-electron chi connectivity index (χ0n) is 9.79. The van der Waals surface area contributed by atoms with Crippen LogP contribution in [-0.4, -0.2) is 42.7 Å². The van der Waals surface area contributed by atoms with Crippen molar-refractivity contribution in [3.8, 4) is 0 Å². The Morgan fingerprint density at radius 1 is 1.28 bits per heavy atom. The molecule has 1 N–H and O–H groups in total. The van der Waals surface area contributed by atoms with Gasteiger partial charge in [0.1, 0.15) is 0 Å². The second-order valence-electron chi connectivity index (χ2n) is 4.00. The number of nitrogens with zero attached hydrogens (tertiary/aromatic N) is 1. The van der Waals surface area contributed by atoms with Crippen LogP contribution < -0.4 is 5.32 Å². The normalized spacial score (nSPS) is 15.8. The van der Waals surface area contributed by atoms with Crippen molar-refractivity contribution in [3.05, 3.63) is 29.8 Å². The van der Waals surface area contributed by atoms with Crippen LogP contribution in [0.1, 0.15) is 0 Å². The highest BCUT2D eigenvalue weighted by Gasteiger charge is 2.16. The minimum absolute atomic E-state index is 0.0335. The van der Waals surface area contributed by atoms with Gasteiger partial charge in [-0.1, -0.05) is 0 Å². The van der Waals surface area contributed by atoms with Crippen molar-refractivity contribution in [3.63, 3.8) is 0 Å². The fraction of sp³-hybridized carbons (Fsp3) is 0.417. The molecule has 0 atom stereocenters. The van der Waals surface area contributed by atoms with Gasteiger partial charge in [0, 0.05) is 31.1 Å². The number of carbonyl (C=O) groups is 1. The van der Waals surface area contributed by atoms with Crippen molar-refractivity contribution in [1.82, 2.24) is 10.2 Å². The van der Waals surface area contributed by atoms with Gasteiger partial charge < -0.3 is 10.2 Å². The van der Waals surface area contributed by atoms with Crippen LogP contribution in [-0.2, 0) is 4.79 Å². The third-order valence-electron chi connectivity index (χ3n) is 2.72. The molecule has 0 spiro atoms. The van der Waals surface area contributed by atoms with E-state index in [2.05, 4.69) is 5.32 Å². The summed E-state index contributed by atoms with van der Waals surface area (Å²) in [5.41, 5.74) is 0. The van der Waals surface area contributed by atoms with Gasteiger partial charge in [-0.15, -0.1) is 11.8 Å². The standard InChI is InChI=1S/C12H14F2N2OS/c13-10-2-1-9(7-11(10)14)18-8-12(17)16-5-3-15-4-6-16/h1-2,7,15H,3-6,8H2. The van der Waals surface area contributed by atoms with E-state index in [-0.39, 0.29) is 11.7 Å². The summed E-state index contributed by atoms with van der Waals surface area (Å²) in [4.78, 5) is 14.2. The van der Waals surface area contributed by atoms with Crippen LogP contribution in [0, 0.1) is 11.6 Å². The molecule has 0 aromatic heterocycles. The second kappa shape index (κ2) is 6.15. The van der Waals surface area contributed by atoms with Gasteiger partial charge in [-0.2, -0.15) is 0 Å². The van der Waals surface area contributed by atoms with Crippen LogP contribution in [0.4, 0.5) is 8.78 Å². The summed E-state index contributed by atoms with van der Waals surface area (Å²) < 4.78 is 25.7. The van der Waals surface area contributed by atoms with Gasteiger partial charge in [0.25, 0.3) is 0 Å². The SMILES string of the molecule is O=C(CSc1ccc(F)c(F)c1)N1CCNCC1. The third-order valence-corrected chi connectivity index (χ3v) is 3.70. The molecular weight excluding hydrogens is 258 g/mol. The second-order valence-corrected chi connectivity index (χ2v) is 5.04. The Hall–Kier alpha value is -1.14. The summed E-state index contributed by atoms with van der Waals surface area (Å²) >= 11 is 1.23. The van der Waals surface area contributed by atoms with Crippen molar-refractivity contribution in [2.45, 2.75) is 4.90 Å². The number of benzene rings is 1. The van der Waals surface area contributed by atoms with Crippen molar-refractivity contribution in [2.75, 3.05) is 31.9 Å². The summed E-state index contributed by atoms with van der Waals surface area (Å²) in [5.74, 6) is -1.46. The largest absolute Gasteiger partial charge is 0.339 e. The van der Waals surface area contributed by atoms with Gasteiger partial charge in [0.2, 0.25) is 5.91 Å². The molecule has 1 heterocycles. The lowest BCUT2D eigenvalue weighted by molar-refractivity contribution is -0.128. The molecule has 1 fully saturated rings. The predicted molar refractivity (Wildman–Crippen MR) is 66.5 cm³/mol. The molecule has 1 aliphatic rings. The first-order valence-corrected chi connectivity index (χ1v) is 6.72. The van der Waals surface area contributed by atoms with Crippen LogP contribution in [0.2, 0.25) is 0 Å². The van der Waals surface area contributed by atoms with Gasteiger partial charge in [0.15, 0.2) is 11.6 Å². The highest BCUT2D eigenvalue weighted by atomic mass is 32.2. The van der Waals surface area contributed by atoms with E-state index >= 15 is 0 Å². The van der Waals surface area contributed by atoms with Crippen molar-refractivity contribution < 1.29 is 13.6 Å². The molecule has 18 heavy (non-hydrogen) atoms. The monoisotopic (exact) mass is 272 g/mol. The summed E-state index contributed by atoms with van der Waals surface area (Å²) in [6.45, 7) is 3.03. The Morgan fingerprint density at radius 3 is 2.67 bits per heavy atom. The van der Waals surface area contributed by atoms with E-state index in [1.165, 1.54) is 17.8 Å². The highest BCUT2D eigenvalue weighted by molar-refractivity contribution is 8.00. The molecule has 1 aliphatic heterocycles. The molecule has 0 radical (unpaired) electrons. The Kier molecular flexibility index (Phi) is 4.54. The number of halogens is 2. The van der Waals surface area contributed by atoms with Crippen LogP contribution >= 0.6 is 11.8 Å². The van der Waals surface area contributed by atoms with Gasteiger partial charge in [0.05, 0.1) is 5.75 Å². The zero-order valence-corrected chi connectivity index (χ0v) is 10.6. The van der Waals surface area contributed by atoms with Crippen LogP contribution in [0.15, 0.2) is 23.1 Å². The van der Waals surface area contributed by atoms with E-state index in [1.54, 1.807) is 4.90 Å². The fourth-order valence-corrected chi connectivity index (χ4v) is 2.54. The van der Waals surface area contributed by atoms with Gasteiger partial charge in [-0.05, 0) is 18.2 Å². The maximum Gasteiger partial charge on any atom is 0.233 e. The lowest BCUT2D eigenvalue weighted by Crippen LogP contribution is -2.47. The highest BCUT2D eigenvalue weighted by Crippen LogP contribution is 2.20. The quantitative estimate of drug-likeness (QED) is 0.846. The number of thioether (sulfide) groups is 1. The Bertz CT molecular complexity index is 436. The number of piperazine rings is 1. The molecule has 0 bridgehead atoms. The Labute approximate surface area is 109 Å². The van der Waals surface area contributed by atoms with E-state index in [0.717, 1.165) is 25.2 Å². The lowest BCUT2D eigenvalue weighted by Gasteiger charge is -2.27. The van der Waals surface area contributed by atoms with Crippen LogP contribution in [0.25, 0.3) is 0 Å². The molecule has 1 amide bonds. The maximum absolute atomic E-state index is 13.0. The number of hydrogen-bond donors (Lipinski definition) is 1. The first-order valence-electron chi connectivity index (χ1n) is 5.73. The molecule has 1 aromatic rings. The van der Waals surface area contributed by atoms with E-state index in [0.29, 0.717) is 18.0 Å². The van der Waals surface area contributed by atoms with Gasteiger partial charge >= 0.3 is 0 Å². The fourth-order valence-electron chi connectivity index (χ4n) is 1.72. The van der Waals surface area contributed by atoms with E-state index in [1.807, 2.05) is 0 Å². The molecule has 0 unspecified atom stereocenters. The number of nitrogens with one attached hydrogen (secondary N) is 1. The Balaban J connectivity index is 1.86. The molecule has 3 nitrogen and oxygen atoms in total. The number of hydrogen-bond acceptors (Lipinski definition) is 3. The van der Waals surface area contributed by atoms with E-state index in [9.17, 15) is 13.6 Å². The molecule has 98 valence electrons. The average Bonchev–Trinajstić information content (AvgIpc) is 2.41.